The third kappa shape index (κ3) is 3.76. The third-order valence-electron chi connectivity index (χ3n) is 4.96. The van der Waals surface area contributed by atoms with Gasteiger partial charge >= 0.3 is 5.97 Å². The molecule has 1 aromatic carbocycles. The number of carbonyl (C=O) groups is 2. The summed E-state index contributed by atoms with van der Waals surface area (Å²) >= 11 is 0. The maximum atomic E-state index is 12.0. The molecule has 3 N–H and O–H groups in total. The summed E-state index contributed by atoms with van der Waals surface area (Å²) < 4.78 is 0. The van der Waals surface area contributed by atoms with E-state index in [9.17, 15) is 19.8 Å². The van der Waals surface area contributed by atoms with Crippen LogP contribution in [0.2, 0.25) is 0 Å². The number of carbonyl (C=O) groups excluding carboxylic acids is 1. The van der Waals surface area contributed by atoms with Crippen LogP contribution >= 0.6 is 0 Å². The van der Waals surface area contributed by atoms with Crippen LogP contribution in [0.5, 0.6) is 0 Å². The minimum absolute atomic E-state index is 0.0621. The molecule has 6 heteroatoms. The lowest BCUT2D eigenvalue weighted by atomic mass is 9.73. The zero-order valence-corrected chi connectivity index (χ0v) is 13.6. The fourth-order valence-corrected chi connectivity index (χ4v) is 3.42. The molecule has 0 unspecified atom stereocenters. The lowest BCUT2D eigenvalue weighted by molar-refractivity contribution is -0.164. The number of hydrogen-bond acceptors (Lipinski definition) is 4. The molecule has 24 heavy (non-hydrogen) atoms. The maximum Gasteiger partial charge on any atom is 0.313 e. The first kappa shape index (κ1) is 16.9. The molecule has 1 aliphatic carbocycles. The average Bonchev–Trinajstić information content (AvgIpc) is 3.35. The highest BCUT2D eigenvalue weighted by molar-refractivity contribution is 5.79. The molecule has 130 valence electrons. The summed E-state index contributed by atoms with van der Waals surface area (Å²) in [7, 11) is 0. The van der Waals surface area contributed by atoms with Gasteiger partial charge in [-0.15, -0.1) is 0 Å². The van der Waals surface area contributed by atoms with Gasteiger partial charge in [-0.25, -0.2) is 0 Å². The Morgan fingerprint density at radius 2 is 1.92 bits per heavy atom. The Morgan fingerprint density at radius 3 is 2.54 bits per heavy atom. The fourth-order valence-electron chi connectivity index (χ4n) is 3.42. The highest BCUT2D eigenvalue weighted by Crippen LogP contribution is 2.34. The van der Waals surface area contributed by atoms with Crippen LogP contribution < -0.4 is 5.32 Å². The van der Waals surface area contributed by atoms with Gasteiger partial charge in [0.15, 0.2) is 0 Å². The predicted octanol–water partition coefficient (Wildman–Crippen LogP) is 0.645. The molecule has 2 fully saturated rings. The number of aliphatic hydroxyl groups is 1. The van der Waals surface area contributed by atoms with Gasteiger partial charge in [0.05, 0.1) is 12.6 Å². The lowest BCUT2D eigenvalue weighted by Gasteiger charge is -2.43. The van der Waals surface area contributed by atoms with Gasteiger partial charge < -0.3 is 15.5 Å². The van der Waals surface area contributed by atoms with Crippen molar-refractivity contribution in [1.29, 1.82) is 0 Å². The molecular formula is C18H24N2O4. The van der Waals surface area contributed by atoms with Gasteiger partial charge in [0, 0.05) is 19.1 Å². The first-order valence-electron chi connectivity index (χ1n) is 8.47. The monoisotopic (exact) mass is 332 g/mol. The maximum absolute atomic E-state index is 12.0. The van der Waals surface area contributed by atoms with Crippen LogP contribution in [-0.4, -0.2) is 58.8 Å². The van der Waals surface area contributed by atoms with Gasteiger partial charge in [-0.2, -0.15) is 0 Å². The van der Waals surface area contributed by atoms with E-state index >= 15 is 0 Å². The van der Waals surface area contributed by atoms with Crippen molar-refractivity contribution in [2.45, 2.75) is 37.8 Å². The van der Waals surface area contributed by atoms with Gasteiger partial charge in [-0.05, 0) is 31.2 Å². The molecule has 1 heterocycles. The number of likely N-dealkylation sites (tertiary alicyclic amines) is 1. The van der Waals surface area contributed by atoms with Gasteiger partial charge in [0.2, 0.25) is 5.91 Å². The number of benzene rings is 1. The molecule has 1 amide bonds. The molecular weight excluding hydrogens is 308 g/mol. The number of aliphatic hydroxyl groups excluding tert-OH is 1. The van der Waals surface area contributed by atoms with Crippen LogP contribution in [0.1, 0.15) is 24.8 Å². The van der Waals surface area contributed by atoms with E-state index in [4.69, 9.17) is 0 Å². The number of carboxylic acids is 1. The molecule has 0 aromatic heterocycles. The van der Waals surface area contributed by atoms with Crippen molar-refractivity contribution in [3.05, 3.63) is 35.9 Å². The van der Waals surface area contributed by atoms with Gasteiger partial charge in [-0.1, -0.05) is 30.3 Å². The van der Waals surface area contributed by atoms with Crippen LogP contribution in [0.15, 0.2) is 30.3 Å². The zero-order valence-electron chi connectivity index (χ0n) is 13.6. The normalized spacial score (nSPS) is 27.6. The van der Waals surface area contributed by atoms with E-state index in [1.807, 2.05) is 35.2 Å². The predicted molar refractivity (Wildman–Crippen MR) is 88.4 cm³/mol. The third-order valence-corrected chi connectivity index (χ3v) is 4.96. The quantitative estimate of drug-likeness (QED) is 0.711. The Balaban J connectivity index is 1.72. The number of carboxylic acid groups (broad SMARTS) is 1. The topological polar surface area (TPSA) is 89.9 Å². The van der Waals surface area contributed by atoms with Crippen molar-refractivity contribution in [3.8, 4) is 0 Å². The molecule has 0 radical (unpaired) electrons. The van der Waals surface area contributed by atoms with Crippen molar-refractivity contribution in [1.82, 2.24) is 10.2 Å². The van der Waals surface area contributed by atoms with Crippen molar-refractivity contribution < 1.29 is 19.8 Å². The smallest absolute Gasteiger partial charge is 0.313 e. The first-order chi connectivity index (χ1) is 11.5. The lowest BCUT2D eigenvalue weighted by Crippen LogP contribution is -2.58. The summed E-state index contributed by atoms with van der Waals surface area (Å²) in [4.78, 5) is 25.9. The van der Waals surface area contributed by atoms with E-state index in [1.54, 1.807) is 0 Å². The van der Waals surface area contributed by atoms with Crippen molar-refractivity contribution >= 4 is 11.9 Å². The van der Waals surface area contributed by atoms with Crippen LogP contribution in [0, 0.1) is 5.41 Å². The second-order valence-corrected chi connectivity index (χ2v) is 6.98. The Kier molecular flexibility index (Phi) is 4.87. The second-order valence-electron chi connectivity index (χ2n) is 6.98. The van der Waals surface area contributed by atoms with E-state index in [0.29, 0.717) is 19.0 Å². The van der Waals surface area contributed by atoms with Crippen LogP contribution in [0.3, 0.4) is 0 Å². The Morgan fingerprint density at radius 1 is 1.21 bits per heavy atom. The summed E-state index contributed by atoms with van der Waals surface area (Å²) in [5, 5.41) is 23.2. The molecule has 3 rings (SSSR count). The van der Waals surface area contributed by atoms with Crippen LogP contribution in [0.25, 0.3) is 0 Å². The van der Waals surface area contributed by atoms with E-state index in [0.717, 1.165) is 18.4 Å². The molecule has 0 bridgehead atoms. The summed E-state index contributed by atoms with van der Waals surface area (Å²) in [5.74, 6) is -1.07. The Hall–Kier alpha value is -1.92. The van der Waals surface area contributed by atoms with E-state index in [1.165, 1.54) is 0 Å². The van der Waals surface area contributed by atoms with E-state index < -0.39 is 17.5 Å². The number of amides is 1. The average molecular weight is 332 g/mol. The van der Waals surface area contributed by atoms with Crippen LogP contribution in [-0.2, 0) is 16.0 Å². The summed E-state index contributed by atoms with van der Waals surface area (Å²) in [6.07, 6.45) is 1.74. The first-order valence-corrected chi connectivity index (χ1v) is 8.47. The molecule has 1 aromatic rings. The molecule has 1 saturated carbocycles. The molecule has 1 saturated heterocycles. The van der Waals surface area contributed by atoms with Crippen molar-refractivity contribution in [3.63, 3.8) is 0 Å². The molecule has 1 aliphatic heterocycles. The SMILES string of the molecule is O=C(CN1CC[C@H](O)[C@@](Cc2ccccc2)(C(=O)O)C1)NC1CC1. The molecule has 2 atom stereocenters. The summed E-state index contributed by atoms with van der Waals surface area (Å²) in [6, 6.07) is 9.64. The number of nitrogens with one attached hydrogen (secondary N) is 1. The fraction of sp³-hybridized carbons (Fsp3) is 0.556. The Labute approximate surface area is 141 Å². The van der Waals surface area contributed by atoms with Crippen LogP contribution in [0.4, 0.5) is 0 Å². The summed E-state index contributed by atoms with van der Waals surface area (Å²) in [5.41, 5.74) is -0.400. The van der Waals surface area contributed by atoms with Crippen molar-refractivity contribution in [2.24, 2.45) is 5.41 Å². The van der Waals surface area contributed by atoms with Gasteiger partial charge in [-0.3, -0.25) is 14.5 Å². The summed E-state index contributed by atoms with van der Waals surface area (Å²) in [6.45, 7) is 0.895. The Bertz CT molecular complexity index is 602. The number of rotatable bonds is 6. The van der Waals surface area contributed by atoms with Gasteiger partial charge in [0.25, 0.3) is 0 Å². The van der Waals surface area contributed by atoms with Gasteiger partial charge in [0.1, 0.15) is 5.41 Å². The molecule has 0 spiro atoms. The highest BCUT2D eigenvalue weighted by Gasteiger charge is 2.49. The zero-order chi connectivity index (χ0) is 17.2. The minimum atomic E-state index is -1.28. The standard InChI is InChI=1S/C18H24N2O4/c21-15-8-9-20(11-16(22)19-14-6-7-14)12-18(15,17(23)24)10-13-4-2-1-3-5-13/h1-5,14-15,21H,6-12H2,(H,19,22)(H,23,24)/t15-,18-/m0/s1. The minimum Gasteiger partial charge on any atom is -0.481 e. The highest BCUT2D eigenvalue weighted by atomic mass is 16.4. The van der Waals surface area contributed by atoms with E-state index in [2.05, 4.69) is 5.32 Å². The number of aliphatic carboxylic acids is 1. The largest absolute Gasteiger partial charge is 0.481 e. The van der Waals surface area contributed by atoms with E-state index in [-0.39, 0.29) is 25.4 Å². The molecule has 6 nitrogen and oxygen atoms in total. The molecule has 2 aliphatic rings. The number of hydrogen-bond donors (Lipinski definition) is 3. The second kappa shape index (κ2) is 6.91. The van der Waals surface area contributed by atoms with Crippen molar-refractivity contribution in [2.75, 3.05) is 19.6 Å². The number of nitrogens with zero attached hydrogens (tertiary/aromatic N) is 1. The number of piperidine rings is 1.